The van der Waals surface area contributed by atoms with Crippen molar-refractivity contribution in [3.8, 4) is 5.75 Å². The third-order valence-corrected chi connectivity index (χ3v) is 20.9. The fraction of sp³-hybridized carbons (Fsp3) is 0.554. The van der Waals surface area contributed by atoms with Gasteiger partial charge in [-0.2, -0.15) is 54.8 Å². The van der Waals surface area contributed by atoms with E-state index < -0.39 is 53.9 Å². The first-order valence-electron chi connectivity index (χ1n) is 37.6. The lowest BCUT2D eigenvalue weighted by Gasteiger charge is -2.37. The quantitative estimate of drug-likeness (QED) is 0.0367. The molecule has 6 fully saturated rings. The van der Waals surface area contributed by atoms with Gasteiger partial charge in [-0.15, -0.1) is 0 Å². The van der Waals surface area contributed by atoms with Crippen molar-refractivity contribution in [3.63, 3.8) is 0 Å². The first-order valence-corrected chi connectivity index (χ1v) is 37.6. The SMILES string of the molecule is COc1ccc(Cn2ncc(N[C@@H](C)COC3CCN(C4CCN(c5cnc(C(F)(F)F)cn5)CC4)C3=O)c(C)c2=O)cc1.Cc1c(N[C@@H](C)CO[C@@H]2CCN(C3CCN(c4cnc(C(F)(F)F)cn4)CC3)C2=O)cn[nH]c1=O.Cc1c(N[C@@H](C)CO[C@H]2CCN(C3CCN(c4cnc(C(F)(F)F)cn4)CC3)C2=O)cn[nH]c1=O. The summed E-state index contributed by atoms with van der Waals surface area (Å²) >= 11 is 0. The van der Waals surface area contributed by atoms with Gasteiger partial charge in [0, 0.05) is 131 Å². The van der Waals surface area contributed by atoms with Crippen molar-refractivity contribution in [3.05, 3.63) is 150 Å². The first-order chi connectivity index (χ1) is 54.3. The Morgan fingerprint density at radius 1 is 0.430 bits per heavy atom. The van der Waals surface area contributed by atoms with Gasteiger partial charge in [0.1, 0.15) is 41.5 Å². The number of H-pyrrole nitrogens is 2. The molecule has 12 heterocycles. The maximum Gasteiger partial charge on any atom is 0.434 e. The molecule has 6 aliphatic rings. The molecule has 1 unspecified atom stereocenters. The number of piperidine rings is 3. The highest BCUT2D eigenvalue weighted by Gasteiger charge is 2.43. The van der Waals surface area contributed by atoms with E-state index in [4.69, 9.17) is 18.9 Å². The number of likely N-dealkylation sites (tertiary alicyclic amines) is 3. The number of hydrogen-bond donors (Lipinski definition) is 5. The van der Waals surface area contributed by atoms with Crippen molar-refractivity contribution >= 4 is 52.2 Å². The number of halogens is 9. The maximum atomic E-state index is 13.2. The molecule has 114 heavy (non-hydrogen) atoms. The number of amides is 3. The largest absolute Gasteiger partial charge is 0.497 e. The van der Waals surface area contributed by atoms with Gasteiger partial charge in [-0.25, -0.2) is 44.8 Å². The number of ether oxygens (including phenoxy) is 4. The second-order valence-corrected chi connectivity index (χ2v) is 29.0. The summed E-state index contributed by atoms with van der Waals surface area (Å²) in [6.45, 7) is 17.3. The summed E-state index contributed by atoms with van der Waals surface area (Å²) in [6, 6.07) is 7.14. The molecule has 0 radical (unpaired) electrons. The topological polar surface area (TPSA) is 347 Å². The molecule has 40 heteroatoms. The Labute approximate surface area is 649 Å². The fourth-order valence-corrected chi connectivity index (χ4v) is 14.3. The summed E-state index contributed by atoms with van der Waals surface area (Å²) in [4.78, 5) is 109. The highest BCUT2D eigenvalue weighted by molar-refractivity contribution is 5.84. The van der Waals surface area contributed by atoms with Gasteiger partial charge in [0.25, 0.3) is 34.4 Å². The molecular weight excluding hydrogens is 1510 g/mol. The number of nitrogens with zero attached hydrogens (tertiary/aromatic N) is 16. The molecule has 0 spiro atoms. The number of hydrogen-bond acceptors (Lipinski definition) is 25. The van der Waals surface area contributed by atoms with Crippen LogP contribution < -0.4 is 52.1 Å². The Kier molecular flexibility index (Phi) is 27.4. The van der Waals surface area contributed by atoms with Gasteiger partial charge >= 0.3 is 18.5 Å². The number of alkyl halides is 9. The zero-order chi connectivity index (χ0) is 81.8. The van der Waals surface area contributed by atoms with Gasteiger partial charge in [0.15, 0.2) is 17.1 Å². The molecule has 616 valence electrons. The van der Waals surface area contributed by atoms with Crippen molar-refractivity contribution in [1.29, 1.82) is 0 Å². The van der Waals surface area contributed by atoms with Crippen molar-refractivity contribution in [2.24, 2.45) is 0 Å². The molecule has 7 aromatic rings. The smallest absolute Gasteiger partial charge is 0.434 e. The van der Waals surface area contributed by atoms with E-state index in [1.54, 1.807) is 34.1 Å². The van der Waals surface area contributed by atoms with Crippen molar-refractivity contribution < 1.29 is 72.8 Å². The molecule has 6 aromatic heterocycles. The summed E-state index contributed by atoms with van der Waals surface area (Å²) < 4.78 is 139. The first kappa shape index (κ1) is 84.3. The Bertz CT molecular complexity index is 4390. The van der Waals surface area contributed by atoms with E-state index in [1.165, 1.54) is 17.1 Å². The summed E-state index contributed by atoms with van der Waals surface area (Å²) in [5.74, 6) is 1.80. The zero-order valence-electron chi connectivity index (χ0n) is 63.9. The minimum absolute atomic E-state index is 0.0310. The number of anilines is 6. The number of carbonyl (C=O) groups is 3. The van der Waals surface area contributed by atoms with Crippen LogP contribution >= 0.6 is 0 Å². The number of methoxy groups -OCH3 is 1. The van der Waals surface area contributed by atoms with E-state index in [0.29, 0.717) is 188 Å². The predicted octanol–water partition coefficient (Wildman–Crippen LogP) is 7.45. The minimum Gasteiger partial charge on any atom is -0.497 e. The number of carbonyl (C=O) groups excluding carboxylic acids is 3. The Hall–Kier alpha value is -10.6. The molecule has 6 aliphatic heterocycles. The van der Waals surface area contributed by atoms with Gasteiger partial charge in [-0.3, -0.25) is 28.8 Å². The Morgan fingerprint density at radius 2 is 0.754 bits per heavy atom. The van der Waals surface area contributed by atoms with E-state index in [-0.39, 0.29) is 77.3 Å². The highest BCUT2D eigenvalue weighted by Crippen LogP contribution is 2.34. The lowest BCUT2D eigenvalue weighted by molar-refractivity contribution is -0.142. The van der Waals surface area contributed by atoms with Gasteiger partial charge in [0.2, 0.25) is 0 Å². The third-order valence-electron chi connectivity index (χ3n) is 20.9. The van der Waals surface area contributed by atoms with Crippen LogP contribution in [0.5, 0.6) is 5.75 Å². The highest BCUT2D eigenvalue weighted by atomic mass is 19.4. The summed E-state index contributed by atoms with van der Waals surface area (Å²) in [7, 11) is 1.60. The fourth-order valence-electron chi connectivity index (χ4n) is 14.3. The van der Waals surface area contributed by atoms with Gasteiger partial charge in [-0.05, 0) is 97.8 Å². The van der Waals surface area contributed by atoms with Crippen molar-refractivity contribution in [2.45, 2.75) is 179 Å². The molecule has 6 saturated heterocycles. The third kappa shape index (κ3) is 21.4. The average molecular weight is 1610 g/mol. The molecule has 3 amide bonds. The number of aromatic nitrogens is 12. The van der Waals surface area contributed by atoms with Gasteiger partial charge < -0.3 is 64.3 Å². The van der Waals surface area contributed by atoms with Crippen LogP contribution in [0, 0.1) is 20.8 Å². The van der Waals surface area contributed by atoms with Gasteiger partial charge in [0.05, 0.1) is 106 Å². The van der Waals surface area contributed by atoms with Crippen LogP contribution in [0.25, 0.3) is 0 Å². The van der Waals surface area contributed by atoms with E-state index in [2.05, 4.69) is 71.3 Å². The standard InChI is InChI=1S/C30H36F3N7O4.2C22H28F3N7O3/c1-19(37-24-14-36-40(28(41)20(24)2)17-21-4-6-23(43-3)7-5-21)18-44-25-10-13-39(29(25)42)22-8-11-38(12-9-22)27-16-34-26(15-35-27)30(31,32)33;2*1-13(29-16-9-28-30-20(33)14(16)2)12-35-17-5-8-32(21(17)34)15-3-6-31(7-4-15)19-11-26-18(10-27-19)22(23,24)25/h4-7,14-16,19,22,25,37H,8-13,17-18H2,1-3H3;2*9-11,13,15,17H,3-8,12H2,1-2H3,(H2,29,30,33)/t19-,25?;13-,17+;13-,17-/m000/s1. The van der Waals surface area contributed by atoms with Crippen LogP contribution in [0.4, 0.5) is 74.0 Å². The lowest BCUT2D eigenvalue weighted by atomic mass is 10.0. The van der Waals surface area contributed by atoms with Crippen LogP contribution in [-0.2, 0) is 53.7 Å². The van der Waals surface area contributed by atoms with Crippen LogP contribution in [0.15, 0.2) is 94.4 Å². The van der Waals surface area contributed by atoms with Gasteiger partial charge in [-0.1, -0.05) is 12.1 Å². The summed E-state index contributed by atoms with van der Waals surface area (Å²) in [6.07, 6.45) is 1.13. The molecular formula is C74H92F9N21O10. The van der Waals surface area contributed by atoms with E-state index >= 15 is 0 Å². The van der Waals surface area contributed by atoms with E-state index in [0.717, 1.165) is 48.5 Å². The molecule has 0 saturated carbocycles. The zero-order valence-corrected chi connectivity index (χ0v) is 63.9. The normalized spacial score (nSPS) is 19.6. The summed E-state index contributed by atoms with van der Waals surface area (Å²) in [5, 5.41) is 26.3. The second kappa shape index (κ2) is 37.1. The van der Waals surface area contributed by atoms with Crippen LogP contribution in [-0.4, -0.2) is 233 Å². The van der Waals surface area contributed by atoms with E-state index in [9.17, 15) is 68.3 Å². The molecule has 0 bridgehead atoms. The van der Waals surface area contributed by atoms with Crippen LogP contribution in [0.3, 0.4) is 0 Å². The number of aromatic amines is 2. The van der Waals surface area contributed by atoms with Crippen molar-refractivity contribution in [1.82, 2.24) is 74.8 Å². The van der Waals surface area contributed by atoms with Crippen molar-refractivity contribution in [2.75, 3.05) is 116 Å². The molecule has 5 N–H and O–H groups in total. The maximum absolute atomic E-state index is 13.2. The molecule has 0 aliphatic carbocycles. The predicted molar refractivity (Wildman–Crippen MR) is 399 cm³/mol. The molecule has 1 aromatic carbocycles. The number of nitrogens with one attached hydrogen (secondary N) is 5. The minimum atomic E-state index is -4.53. The Morgan fingerprint density at radius 3 is 1.05 bits per heavy atom. The molecule has 6 atom stereocenters. The summed E-state index contributed by atoms with van der Waals surface area (Å²) in [5.41, 5.74) is 0.606. The average Bonchev–Trinajstić information content (AvgIpc) is 1.76. The Balaban J connectivity index is 0.000000170. The van der Waals surface area contributed by atoms with Crippen LogP contribution in [0.2, 0.25) is 0 Å². The van der Waals surface area contributed by atoms with Crippen LogP contribution in [0.1, 0.15) is 118 Å². The van der Waals surface area contributed by atoms with E-state index in [1.807, 2.05) is 74.4 Å². The number of benzene rings is 1. The monoisotopic (exact) mass is 1610 g/mol. The second-order valence-electron chi connectivity index (χ2n) is 29.0. The molecule has 13 rings (SSSR count). The molecule has 31 nitrogen and oxygen atoms in total. The lowest BCUT2D eigenvalue weighted by Crippen LogP contribution is -2.47. The number of rotatable bonds is 24.